The molecule has 0 atom stereocenters. The molecule has 27 heavy (non-hydrogen) atoms. The smallest absolute Gasteiger partial charge is 0.330 e. The van der Waals surface area contributed by atoms with Gasteiger partial charge in [-0.15, -0.1) is 12.4 Å². The summed E-state index contributed by atoms with van der Waals surface area (Å²) in [4.78, 5) is 12.0. The van der Waals surface area contributed by atoms with Crippen molar-refractivity contribution >= 4 is 24.0 Å². The first-order valence-corrected chi connectivity index (χ1v) is 8.70. The summed E-state index contributed by atoms with van der Waals surface area (Å²) in [5, 5.41) is 6.05. The molecule has 2 rings (SSSR count). The van der Waals surface area contributed by atoms with Crippen LogP contribution in [0.2, 0.25) is 0 Å². The third-order valence-corrected chi connectivity index (χ3v) is 4.33. The molecule has 1 fully saturated rings. The number of amides is 1. The quantitative estimate of drug-likeness (QED) is 0.596. The van der Waals surface area contributed by atoms with E-state index in [1.54, 1.807) is 24.3 Å². The minimum absolute atomic E-state index is 0. The highest BCUT2D eigenvalue weighted by Gasteiger charge is 2.40. The second-order valence-electron chi connectivity index (χ2n) is 6.54. The Hall–Kier alpha value is -1.38. The first-order valence-electron chi connectivity index (χ1n) is 8.70. The van der Waals surface area contributed by atoms with Crippen LogP contribution >= 0.6 is 12.4 Å². The molecule has 0 aliphatic carbocycles. The molecule has 1 saturated heterocycles. The third-order valence-electron chi connectivity index (χ3n) is 4.33. The van der Waals surface area contributed by atoms with Crippen LogP contribution in [-0.4, -0.2) is 38.0 Å². The number of benzene rings is 1. The van der Waals surface area contributed by atoms with E-state index in [0.29, 0.717) is 23.6 Å². The number of carbonyl (C=O) groups is 1. The number of halogens is 5. The van der Waals surface area contributed by atoms with E-state index in [0.717, 1.165) is 32.4 Å². The Balaban J connectivity index is 0.00000364. The van der Waals surface area contributed by atoms with E-state index >= 15 is 0 Å². The summed E-state index contributed by atoms with van der Waals surface area (Å²) >= 11 is 0. The number of rotatable bonds is 9. The fourth-order valence-electron chi connectivity index (χ4n) is 2.84. The molecule has 0 spiro atoms. The van der Waals surface area contributed by atoms with Gasteiger partial charge in [0.2, 0.25) is 5.91 Å². The molecule has 1 amide bonds. The first kappa shape index (κ1) is 23.7. The van der Waals surface area contributed by atoms with Crippen LogP contribution in [0.5, 0.6) is 0 Å². The summed E-state index contributed by atoms with van der Waals surface area (Å²) in [6, 6.07) is 6.53. The number of alkyl halides is 4. The molecule has 1 aliphatic rings. The van der Waals surface area contributed by atoms with E-state index in [9.17, 15) is 22.4 Å². The van der Waals surface area contributed by atoms with Gasteiger partial charge in [0.1, 0.15) is 6.61 Å². The number of nitrogens with one attached hydrogen (secondary N) is 2. The van der Waals surface area contributed by atoms with Gasteiger partial charge in [-0.3, -0.25) is 4.79 Å². The van der Waals surface area contributed by atoms with E-state index in [1.165, 1.54) is 0 Å². The van der Waals surface area contributed by atoms with Crippen molar-refractivity contribution in [2.45, 2.75) is 44.6 Å². The highest BCUT2D eigenvalue weighted by Crippen LogP contribution is 2.24. The zero-order chi connectivity index (χ0) is 19.0. The van der Waals surface area contributed by atoms with Gasteiger partial charge in [0.15, 0.2) is 0 Å². The van der Waals surface area contributed by atoms with Crippen LogP contribution in [0.3, 0.4) is 0 Å². The lowest BCUT2D eigenvalue weighted by Crippen LogP contribution is -2.32. The summed E-state index contributed by atoms with van der Waals surface area (Å²) < 4.78 is 54.4. The molecule has 4 nitrogen and oxygen atoms in total. The van der Waals surface area contributed by atoms with Crippen molar-refractivity contribution in [1.29, 1.82) is 0 Å². The summed E-state index contributed by atoms with van der Waals surface area (Å²) in [6.45, 7) is 0.385. The van der Waals surface area contributed by atoms with E-state index in [-0.39, 0.29) is 24.9 Å². The highest BCUT2D eigenvalue weighted by atomic mass is 35.5. The summed E-state index contributed by atoms with van der Waals surface area (Å²) in [6.07, 6.45) is -0.356. The lowest BCUT2D eigenvalue weighted by Gasteiger charge is -2.22. The fraction of sp³-hybridized carbons (Fsp3) is 0.611. The number of anilines is 1. The second kappa shape index (κ2) is 11.5. The Morgan fingerprint density at radius 2 is 2.00 bits per heavy atom. The predicted octanol–water partition coefficient (Wildman–Crippen LogP) is 4.24. The molecule has 0 unspecified atom stereocenters. The van der Waals surface area contributed by atoms with E-state index in [4.69, 9.17) is 0 Å². The van der Waals surface area contributed by atoms with Crippen molar-refractivity contribution in [2.75, 3.05) is 25.0 Å². The van der Waals surface area contributed by atoms with Crippen LogP contribution in [-0.2, 0) is 16.1 Å². The average molecular weight is 413 g/mol. The maximum Gasteiger partial charge on any atom is 0.330 e. The van der Waals surface area contributed by atoms with Gasteiger partial charge in [0.05, 0.1) is 6.61 Å². The molecule has 1 aromatic rings. The lowest BCUT2D eigenvalue weighted by atomic mass is 9.93. The predicted molar refractivity (Wildman–Crippen MR) is 97.8 cm³/mol. The van der Waals surface area contributed by atoms with Crippen molar-refractivity contribution < 1.29 is 27.1 Å². The van der Waals surface area contributed by atoms with Gasteiger partial charge < -0.3 is 15.4 Å². The SMILES string of the molecule is Cl.O=C(CCC1CCNCC1)Nc1cccc(COCC(F)(F)C(F)F)c1. The lowest BCUT2D eigenvalue weighted by molar-refractivity contribution is -0.168. The Kier molecular flexibility index (Phi) is 10.0. The van der Waals surface area contributed by atoms with Gasteiger partial charge in [0.25, 0.3) is 0 Å². The molecular formula is C18H25ClF4N2O2. The minimum Gasteiger partial charge on any atom is -0.370 e. The maximum absolute atomic E-state index is 12.8. The third kappa shape index (κ3) is 8.45. The van der Waals surface area contributed by atoms with Crippen LogP contribution in [0.15, 0.2) is 24.3 Å². The number of hydrogen-bond acceptors (Lipinski definition) is 3. The van der Waals surface area contributed by atoms with Crippen molar-refractivity contribution in [3.63, 3.8) is 0 Å². The van der Waals surface area contributed by atoms with Gasteiger partial charge >= 0.3 is 12.3 Å². The number of piperidine rings is 1. The number of ether oxygens (including phenoxy) is 1. The number of hydrogen-bond donors (Lipinski definition) is 2. The van der Waals surface area contributed by atoms with Crippen molar-refractivity contribution in [2.24, 2.45) is 5.92 Å². The Morgan fingerprint density at radius 3 is 2.67 bits per heavy atom. The molecular weight excluding hydrogens is 388 g/mol. The van der Waals surface area contributed by atoms with Gasteiger partial charge in [-0.05, 0) is 56.0 Å². The van der Waals surface area contributed by atoms with Gasteiger partial charge in [-0.2, -0.15) is 8.78 Å². The molecule has 2 N–H and O–H groups in total. The van der Waals surface area contributed by atoms with Crippen LogP contribution in [0.4, 0.5) is 23.2 Å². The summed E-state index contributed by atoms with van der Waals surface area (Å²) in [7, 11) is 0. The van der Waals surface area contributed by atoms with Gasteiger partial charge in [0, 0.05) is 12.1 Å². The van der Waals surface area contributed by atoms with Crippen molar-refractivity contribution in [3.05, 3.63) is 29.8 Å². The molecule has 0 saturated carbocycles. The molecule has 1 heterocycles. The van der Waals surface area contributed by atoms with E-state index in [1.807, 2.05) is 0 Å². The fourth-order valence-corrected chi connectivity index (χ4v) is 2.84. The molecule has 1 aromatic carbocycles. The van der Waals surface area contributed by atoms with E-state index < -0.39 is 19.0 Å². The standard InChI is InChI=1S/C18H24F4N2O2.ClH/c19-17(20)18(21,22)12-26-11-14-2-1-3-15(10-14)24-16(25)5-4-13-6-8-23-9-7-13;/h1-3,10,13,17,23H,4-9,11-12H2,(H,24,25);1H. The molecule has 0 radical (unpaired) electrons. The summed E-state index contributed by atoms with van der Waals surface area (Å²) in [5.74, 6) is -3.72. The average Bonchev–Trinajstić information content (AvgIpc) is 2.61. The zero-order valence-corrected chi connectivity index (χ0v) is 15.7. The Morgan fingerprint density at radius 1 is 1.30 bits per heavy atom. The van der Waals surface area contributed by atoms with Crippen LogP contribution in [0.25, 0.3) is 0 Å². The number of carbonyl (C=O) groups excluding carboxylic acids is 1. The topological polar surface area (TPSA) is 50.4 Å². The molecule has 9 heteroatoms. The van der Waals surface area contributed by atoms with Crippen molar-refractivity contribution in [1.82, 2.24) is 5.32 Å². The zero-order valence-electron chi connectivity index (χ0n) is 14.9. The molecule has 0 aromatic heterocycles. The van der Waals surface area contributed by atoms with Gasteiger partial charge in [-0.25, -0.2) is 8.78 Å². The van der Waals surface area contributed by atoms with Crippen molar-refractivity contribution in [3.8, 4) is 0 Å². The van der Waals surface area contributed by atoms with Crippen LogP contribution in [0, 0.1) is 5.92 Å². The molecule has 1 aliphatic heterocycles. The van der Waals surface area contributed by atoms with Crippen LogP contribution < -0.4 is 10.6 Å². The first-order chi connectivity index (χ1) is 12.4. The molecule has 154 valence electrons. The summed E-state index contributed by atoms with van der Waals surface area (Å²) in [5.41, 5.74) is 1.05. The Bertz CT molecular complexity index is 584. The minimum atomic E-state index is -4.17. The van der Waals surface area contributed by atoms with Crippen LogP contribution in [0.1, 0.15) is 31.2 Å². The largest absolute Gasteiger partial charge is 0.370 e. The normalized spacial score (nSPS) is 15.4. The molecule has 0 bridgehead atoms. The monoisotopic (exact) mass is 412 g/mol. The maximum atomic E-state index is 12.8. The second-order valence-corrected chi connectivity index (χ2v) is 6.54. The highest BCUT2D eigenvalue weighted by molar-refractivity contribution is 5.90. The van der Waals surface area contributed by atoms with Gasteiger partial charge in [-0.1, -0.05) is 12.1 Å². The van der Waals surface area contributed by atoms with E-state index in [2.05, 4.69) is 15.4 Å². The Labute approximate surface area is 162 Å².